The van der Waals surface area contributed by atoms with Crippen LogP contribution >= 0.6 is 0 Å². The maximum absolute atomic E-state index is 12.3. The lowest BCUT2D eigenvalue weighted by Gasteiger charge is -2.22. The van der Waals surface area contributed by atoms with Gasteiger partial charge in [0.15, 0.2) is 0 Å². The highest BCUT2D eigenvalue weighted by molar-refractivity contribution is 5.43. The van der Waals surface area contributed by atoms with Crippen LogP contribution in [-0.4, -0.2) is 24.7 Å². The Morgan fingerprint density at radius 3 is 1.83 bits per heavy atom. The molecule has 4 heteroatoms. The predicted molar refractivity (Wildman–Crippen MR) is 67.8 cm³/mol. The molecule has 0 bridgehead atoms. The van der Waals surface area contributed by atoms with E-state index < -0.39 is 12.7 Å². The zero-order valence-electron chi connectivity index (χ0n) is 11.6. The Kier molecular flexibility index (Phi) is 4.43. The molecule has 0 unspecified atom stereocenters. The van der Waals surface area contributed by atoms with E-state index in [1.54, 1.807) is 0 Å². The van der Waals surface area contributed by atoms with Gasteiger partial charge >= 0.3 is 6.18 Å². The van der Waals surface area contributed by atoms with E-state index >= 15 is 0 Å². The molecule has 0 aliphatic rings. The normalized spacial score (nSPS) is 12.3. The van der Waals surface area contributed by atoms with E-state index in [-0.39, 0.29) is 0 Å². The summed E-state index contributed by atoms with van der Waals surface area (Å²) in [6, 6.07) is 2.08. The Hall–Kier alpha value is -1.03. The first kappa shape index (κ1) is 15.0. The average Bonchev–Trinajstić information content (AvgIpc) is 2.19. The van der Waals surface area contributed by atoms with Gasteiger partial charge in [-0.3, -0.25) is 4.90 Å². The van der Waals surface area contributed by atoms with Gasteiger partial charge < -0.3 is 0 Å². The highest BCUT2D eigenvalue weighted by Gasteiger charge is 2.29. The van der Waals surface area contributed by atoms with Crippen molar-refractivity contribution in [3.63, 3.8) is 0 Å². The van der Waals surface area contributed by atoms with Crippen LogP contribution in [0.2, 0.25) is 0 Å². The molecule has 102 valence electrons. The summed E-state index contributed by atoms with van der Waals surface area (Å²) in [6.45, 7) is 7.39. The van der Waals surface area contributed by atoms with Gasteiger partial charge in [-0.05, 0) is 62.6 Å². The van der Waals surface area contributed by atoms with Crippen LogP contribution in [0.5, 0.6) is 0 Å². The molecule has 0 radical (unpaired) electrons. The molecule has 0 saturated carbocycles. The molecular formula is C14H20F3N. The number of nitrogens with zero attached hydrogens (tertiary/aromatic N) is 1. The zero-order chi connectivity index (χ0) is 14.1. The second kappa shape index (κ2) is 5.31. The summed E-state index contributed by atoms with van der Waals surface area (Å²) in [6.07, 6.45) is -4.14. The van der Waals surface area contributed by atoms with Gasteiger partial charge in [0.1, 0.15) is 0 Å². The molecule has 0 fully saturated rings. The van der Waals surface area contributed by atoms with Gasteiger partial charge in [-0.15, -0.1) is 0 Å². The first-order chi connectivity index (χ1) is 8.11. The summed E-state index contributed by atoms with van der Waals surface area (Å²) in [7, 11) is 1.50. The third kappa shape index (κ3) is 3.73. The van der Waals surface area contributed by atoms with Crippen molar-refractivity contribution in [1.29, 1.82) is 0 Å². The number of hydrogen-bond acceptors (Lipinski definition) is 1. The largest absolute Gasteiger partial charge is 0.401 e. The van der Waals surface area contributed by atoms with Crippen molar-refractivity contribution in [2.24, 2.45) is 0 Å². The number of hydrogen-bond donors (Lipinski definition) is 0. The van der Waals surface area contributed by atoms with Crippen molar-refractivity contribution < 1.29 is 13.2 Å². The van der Waals surface area contributed by atoms with E-state index in [1.807, 2.05) is 27.7 Å². The molecule has 0 N–H and O–H groups in total. The molecule has 0 saturated heterocycles. The first-order valence-corrected chi connectivity index (χ1v) is 5.93. The molecular weight excluding hydrogens is 239 g/mol. The van der Waals surface area contributed by atoms with Crippen LogP contribution in [0.1, 0.15) is 27.8 Å². The topological polar surface area (TPSA) is 3.24 Å². The molecule has 0 aliphatic carbocycles. The van der Waals surface area contributed by atoms with Gasteiger partial charge in [-0.25, -0.2) is 0 Å². The van der Waals surface area contributed by atoms with Crippen molar-refractivity contribution in [3.05, 3.63) is 33.9 Å². The van der Waals surface area contributed by atoms with Crippen LogP contribution < -0.4 is 0 Å². The van der Waals surface area contributed by atoms with E-state index in [2.05, 4.69) is 6.07 Å². The van der Waals surface area contributed by atoms with Crippen molar-refractivity contribution in [2.45, 2.75) is 40.4 Å². The van der Waals surface area contributed by atoms with Crippen LogP contribution in [0.15, 0.2) is 6.07 Å². The summed E-state index contributed by atoms with van der Waals surface area (Å²) in [5.74, 6) is 0. The maximum atomic E-state index is 12.3. The van der Waals surface area contributed by atoms with E-state index in [4.69, 9.17) is 0 Å². The van der Waals surface area contributed by atoms with E-state index in [0.29, 0.717) is 6.54 Å². The van der Waals surface area contributed by atoms with Crippen molar-refractivity contribution >= 4 is 0 Å². The summed E-state index contributed by atoms with van der Waals surface area (Å²) in [5, 5.41) is 0. The van der Waals surface area contributed by atoms with Crippen LogP contribution in [0.3, 0.4) is 0 Å². The molecule has 0 aliphatic heterocycles. The molecule has 0 spiro atoms. The van der Waals surface area contributed by atoms with Crippen LogP contribution in [0, 0.1) is 27.7 Å². The Morgan fingerprint density at radius 1 is 1.00 bits per heavy atom. The monoisotopic (exact) mass is 259 g/mol. The lowest BCUT2D eigenvalue weighted by Crippen LogP contribution is -2.31. The summed E-state index contributed by atoms with van der Waals surface area (Å²) < 4.78 is 37.0. The molecule has 0 heterocycles. The predicted octanol–water partition coefficient (Wildman–Crippen LogP) is 3.91. The van der Waals surface area contributed by atoms with E-state index in [1.165, 1.54) is 11.9 Å². The fourth-order valence-electron chi connectivity index (χ4n) is 2.17. The minimum absolute atomic E-state index is 0.333. The first-order valence-electron chi connectivity index (χ1n) is 5.93. The zero-order valence-corrected chi connectivity index (χ0v) is 11.6. The van der Waals surface area contributed by atoms with Crippen LogP contribution in [-0.2, 0) is 6.54 Å². The fraction of sp³-hybridized carbons (Fsp3) is 0.571. The third-order valence-electron chi connectivity index (χ3n) is 3.40. The fourth-order valence-corrected chi connectivity index (χ4v) is 2.17. The van der Waals surface area contributed by atoms with Gasteiger partial charge in [-0.2, -0.15) is 13.2 Å². The number of halogens is 3. The number of aryl methyl sites for hydroxylation is 2. The van der Waals surface area contributed by atoms with Gasteiger partial charge in [0.2, 0.25) is 0 Å². The second-order valence-corrected chi connectivity index (χ2v) is 5.03. The SMILES string of the molecule is Cc1cc(C)c(C)c(CN(C)CC(F)(F)F)c1C. The number of benzene rings is 1. The molecule has 0 atom stereocenters. The molecule has 1 aromatic carbocycles. The lowest BCUT2D eigenvalue weighted by atomic mass is 9.94. The number of rotatable bonds is 3. The lowest BCUT2D eigenvalue weighted by molar-refractivity contribution is -0.144. The van der Waals surface area contributed by atoms with Crippen molar-refractivity contribution in [3.8, 4) is 0 Å². The Bertz CT molecular complexity index is 409. The van der Waals surface area contributed by atoms with E-state index in [0.717, 1.165) is 27.8 Å². The third-order valence-corrected chi connectivity index (χ3v) is 3.40. The number of alkyl halides is 3. The highest BCUT2D eigenvalue weighted by Crippen LogP contribution is 2.24. The van der Waals surface area contributed by atoms with Gasteiger partial charge in [0, 0.05) is 6.54 Å². The van der Waals surface area contributed by atoms with Crippen molar-refractivity contribution in [2.75, 3.05) is 13.6 Å². The summed E-state index contributed by atoms with van der Waals surface area (Å²) in [5.41, 5.74) is 5.46. The molecule has 0 amide bonds. The standard InChI is InChI=1S/C14H20F3N/c1-9-6-10(2)12(4)13(11(9)3)7-18(5)8-14(15,16)17/h6H,7-8H2,1-5H3. The highest BCUT2D eigenvalue weighted by atomic mass is 19.4. The average molecular weight is 259 g/mol. The van der Waals surface area contributed by atoms with Crippen LogP contribution in [0.25, 0.3) is 0 Å². The molecule has 1 nitrogen and oxygen atoms in total. The molecule has 1 aromatic rings. The Balaban J connectivity index is 2.97. The van der Waals surface area contributed by atoms with E-state index in [9.17, 15) is 13.2 Å². The molecule has 18 heavy (non-hydrogen) atoms. The van der Waals surface area contributed by atoms with Crippen molar-refractivity contribution in [1.82, 2.24) is 4.90 Å². The Morgan fingerprint density at radius 2 is 1.44 bits per heavy atom. The van der Waals surface area contributed by atoms with Crippen LogP contribution in [0.4, 0.5) is 13.2 Å². The minimum atomic E-state index is -4.14. The second-order valence-electron chi connectivity index (χ2n) is 5.03. The quantitative estimate of drug-likeness (QED) is 0.795. The molecule has 0 aromatic heterocycles. The minimum Gasteiger partial charge on any atom is -0.294 e. The Labute approximate surface area is 107 Å². The molecule has 1 rings (SSSR count). The smallest absolute Gasteiger partial charge is 0.294 e. The van der Waals surface area contributed by atoms with Gasteiger partial charge in [0.05, 0.1) is 6.54 Å². The van der Waals surface area contributed by atoms with Gasteiger partial charge in [-0.1, -0.05) is 6.07 Å². The summed E-state index contributed by atoms with van der Waals surface area (Å²) >= 11 is 0. The summed E-state index contributed by atoms with van der Waals surface area (Å²) in [4.78, 5) is 1.31. The maximum Gasteiger partial charge on any atom is 0.401 e. The van der Waals surface area contributed by atoms with Gasteiger partial charge in [0.25, 0.3) is 0 Å².